The van der Waals surface area contributed by atoms with Crippen molar-refractivity contribution in [1.29, 1.82) is 0 Å². The number of methoxy groups -OCH3 is 1. The molecule has 0 spiro atoms. The van der Waals surface area contributed by atoms with Crippen LogP contribution < -0.4 is 0 Å². The van der Waals surface area contributed by atoms with Gasteiger partial charge in [-0.15, -0.1) is 0 Å². The Labute approximate surface area is 110 Å². The van der Waals surface area contributed by atoms with E-state index in [0.29, 0.717) is 5.92 Å². The number of rotatable bonds is 3. The fourth-order valence-corrected chi connectivity index (χ4v) is 2.86. The molecule has 2 heteroatoms. The van der Waals surface area contributed by atoms with E-state index < -0.39 is 0 Å². The molecule has 1 aromatic carbocycles. The zero-order chi connectivity index (χ0) is 12.1. The van der Waals surface area contributed by atoms with Gasteiger partial charge in [0.1, 0.15) is 0 Å². The highest BCUT2D eigenvalue weighted by Crippen LogP contribution is 2.36. The number of ether oxygens (including phenoxy) is 1. The summed E-state index contributed by atoms with van der Waals surface area (Å²) in [4.78, 5) is 12.0. The predicted octanol–water partition coefficient (Wildman–Crippen LogP) is 4.16. The summed E-state index contributed by atoms with van der Waals surface area (Å²) in [6, 6.07) is 10.0. The first-order valence-corrected chi connectivity index (χ1v) is 6.45. The summed E-state index contributed by atoms with van der Waals surface area (Å²) in [5.74, 6) is 0.309. The Hall–Kier alpha value is -1.31. The van der Waals surface area contributed by atoms with Gasteiger partial charge in [0.15, 0.2) is 0 Å². The lowest BCUT2D eigenvalue weighted by Gasteiger charge is -2.28. The standard InChI is InChI=1S/C15H20O2.CH4/c1-17-15(16)14(12-8-4-2-5-9-12)13-10-6-3-7-11-13;/h2,4-5,8-9,13-14H,3,6-7,10-11H2,1H3;1H4. The third kappa shape index (κ3) is 3.34. The van der Waals surface area contributed by atoms with Crippen LogP contribution in [0.4, 0.5) is 0 Å². The fourth-order valence-electron chi connectivity index (χ4n) is 2.86. The van der Waals surface area contributed by atoms with Crippen LogP contribution in [0, 0.1) is 5.92 Å². The third-order valence-electron chi connectivity index (χ3n) is 3.74. The molecule has 1 fully saturated rings. The van der Waals surface area contributed by atoms with E-state index in [1.807, 2.05) is 30.3 Å². The maximum Gasteiger partial charge on any atom is 0.313 e. The molecule has 1 aromatic rings. The van der Waals surface area contributed by atoms with Gasteiger partial charge in [-0.05, 0) is 24.3 Å². The summed E-state index contributed by atoms with van der Waals surface area (Å²) in [6.45, 7) is 0. The van der Waals surface area contributed by atoms with Crippen molar-refractivity contribution in [2.45, 2.75) is 45.4 Å². The van der Waals surface area contributed by atoms with Crippen molar-refractivity contribution in [2.24, 2.45) is 5.92 Å². The average molecular weight is 248 g/mol. The van der Waals surface area contributed by atoms with Crippen LogP contribution in [0.1, 0.15) is 51.0 Å². The molecule has 0 amide bonds. The van der Waals surface area contributed by atoms with Crippen LogP contribution in [-0.2, 0) is 9.53 Å². The van der Waals surface area contributed by atoms with Crippen molar-refractivity contribution in [2.75, 3.05) is 7.11 Å². The Bertz CT molecular complexity index is 353. The van der Waals surface area contributed by atoms with Crippen molar-refractivity contribution in [3.8, 4) is 0 Å². The first-order valence-electron chi connectivity index (χ1n) is 6.45. The molecule has 2 rings (SSSR count). The van der Waals surface area contributed by atoms with E-state index in [-0.39, 0.29) is 19.3 Å². The summed E-state index contributed by atoms with van der Waals surface area (Å²) in [5, 5.41) is 0. The molecule has 0 aliphatic heterocycles. The smallest absolute Gasteiger partial charge is 0.313 e. The van der Waals surface area contributed by atoms with Crippen molar-refractivity contribution < 1.29 is 9.53 Å². The maximum atomic E-state index is 12.0. The number of carbonyl (C=O) groups excluding carboxylic acids is 1. The minimum Gasteiger partial charge on any atom is -0.469 e. The average Bonchev–Trinajstić information content (AvgIpc) is 2.41. The van der Waals surface area contributed by atoms with Gasteiger partial charge in [-0.25, -0.2) is 0 Å². The van der Waals surface area contributed by atoms with Crippen LogP contribution in [0.15, 0.2) is 30.3 Å². The highest BCUT2D eigenvalue weighted by Gasteiger charge is 2.31. The number of carbonyl (C=O) groups is 1. The second-order valence-corrected chi connectivity index (χ2v) is 4.81. The van der Waals surface area contributed by atoms with Gasteiger partial charge in [-0.2, -0.15) is 0 Å². The fraction of sp³-hybridized carbons (Fsp3) is 0.562. The van der Waals surface area contributed by atoms with E-state index in [2.05, 4.69) is 0 Å². The van der Waals surface area contributed by atoms with Crippen LogP contribution in [0.5, 0.6) is 0 Å². The minimum atomic E-state index is -0.0805. The van der Waals surface area contributed by atoms with Gasteiger partial charge in [0.05, 0.1) is 13.0 Å². The Morgan fingerprint density at radius 3 is 2.33 bits per heavy atom. The number of hydrogen-bond donors (Lipinski definition) is 0. The molecule has 1 aliphatic carbocycles. The topological polar surface area (TPSA) is 26.3 Å². The van der Waals surface area contributed by atoms with Gasteiger partial charge >= 0.3 is 5.97 Å². The predicted molar refractivity (Wildman–Crippen MR) is 74.5 cm³/mol. The quantitative estimate of drug-likeness (QED) is 0.751. The first kappa shape index (κ1) is 14.7. The molecule has 0 bridgehead atoms. The molecule has 0 radical (unpaired) electrons. The Kier molecular flexibility index (Phi) is 5.90. The molecule has 100 valence electrons. The lowest BCUT2D eigenvalue weighted by atomic mass is 9.77. The molecule has 1 unspecified atom stereocenters. The zero-order valence-corrected chi connectivity index (χ0v) is 10.4. The summed E-state index contributed by atoms with van der Waals surface area (Å²) >= 11 is 0. The molecule has 0 heterocycles. The van der Waals surface area contributed by atoms with E-state index in [9.17, 15) is 4.79 Å². The van der Waals surface area contributed by atoms with Gasteiger partial charge in [0, 0.05) is 0 Å². The summed E-state index contributed by atoms with van der Waals surface area (Å²) in [5.41, 5.74) is 1.10. The third-order valence-corrected chi connectivity index (χ3v) is 3.74. The van der Waals surface area contributed by atoms with Gasteiger partial charge < -0.3 is 4.74 Å². The van der Waals surface area contributed by atoms with E-state index in [1.165, 1.54) is 26.4 Å². The molecule has 0 saturated heterocycles. The van der Waals surface area contributed by atoms with Gasteiger partial charge in [0.25, 0.3) is 0 Å². The molecule has 0 aromatic heterocycles. The lowest BCUT2D eigenvalue weighted by molar-refractivity contribution is -0.144. The molecular formula is C16H24O2. The number of hydrogen-bond acceptors (Lipinski definition) is 2. The van der Waals surface area contributed by atoms with Crippen molar-refractivity contribution in [3.63, 3.8) is 0 Å². The summed E-state index contributed by atoms with van der Waals surface area (Å²) < 4.78 is 4.98. The largest absolute Gasteiger partial charge is 0.469 e. The van der Waals surface area contributed by atoms with Crippen molar-refractivity contribution >= 4 is 5.97 Å². The second kappa shape index (κ2) is 7.20. The maximum absolute atomic E-state index is 12.0. The minimum absolute atomic E-state index is 0. The molecule has 1 saturated carbocycles. The number of benzene rings is 1. The first-order chi connectivity index (χ1) is 8.33. The zero-order valence-electron chi connectivity index (χ0n) is 10.4. The SMILES string of the molecule is C.COC(=O)C(c1ccccc1)C1CCCCC1. The molecule has 1 atom stereocenters. The van der Waals surface area contributed by atoms with Crippen LogP contribution in [0.3, 0.4) is 0 Å². The van der Waals surface area contributed by atoms with Crippen molar-refractivity contribution in [1.82, 2.24) is 0 Å². The van der Waals surface area contributed by atoms with Crippen LogP contribution in [0.25, 0.3) is 0 Å². The lowest BCUT2D eigenvalue weighted by Crippen LogP contribution is -2.24. The van der Waals surface area contributed by atoms with Gasteiger partial charge in [-0.3, -0.25) is 4.79 Å². The van der Waals surface area contributed by atoms with E-state index in [1.54, 1.807) is 0 Å². The van der Waals surface area contributed by atoms with Crippen LogP contribution >= 0.6 is 0 Å². The molecule has 1 aliphatic rings. The van der Waals surface area contributed by atoms with E-state index in [4.69, 9.17) is 4.74 Å². The Morgan fingerprint density at radius 2 is 1.78 bits per heavy atom. The Balaban J connectivity index is 0.00000162. The monoisotopic (exact) mass is 248 g/mol. The Morgan fingerprint density at radius 1 is 1.17 bits per heavy atom. The molecule has 18 heavy (non-hydrogen) atoms. The van der Waals surface area contributed by atoms with Crippen molar-refractivity contribution in [3.05, 3.63) is 35.9 Å². The van der Waals surface area contributed by atoms with Crippen LogP contribution in [-0.4, -0.2) is 13.1 Å². The molecular weight excluding hydrogens is 224 g/mol. The van der Waals surface area contributed by atoms with Gasteiger partial charge in [0.2, 0.25) is 0 Å². The molecule has 2 nitrogen and oxygen atoms in total. The number of esters is 1. The summed E-state index contributed by atoms with van der Waals surface area (Å²) in [6.07, 6.45) is 6.08. The van der Waals surface area contributed by atoms with Gasteiger partial charge in [-0.1, -0.05) is 57.0 Å². The highest BCUT2D eigenvalue weighted by atomic mass is 16.5. The normalized spacial score (nSPS) is 17.6. The van der Waals surface area contributed by atoms with E-state index >= 15 is 0 Å². The second-order valence-electron chi connectivity index (χ2n) is 4.81. The molecule has 0 N–H and O–H groups in total. The van der Waals surface area contributed by atoms with E-state index in [0.717, 1.165) is 18.4 Å². The summed E-state index contributed by atoms with van der Waals surface area (Å²) in [7, 11) is 1.49. The highest BCUT2D eigenvalue weighted by molar-refractivity contribution is 5.78. The van der Waals surface area contributed by atoms with Crippen LogP contribution in [0.2, 0.25) is 0 Å².